The molecular formula is C15H24IN3O3S. The first-order valence-corrected chi connectivity index (χ1v) is 9.20. The molecule has 0 bridgehead atoms. The van der Waals surface area contributed by atoms with Gasteiger partial charge in [0.25, 0.3) is 0 Å². The van der Waals surface area contributed by atoms with Crippen LogP contribution in [-0.2, 0) is 21.2 Å². The van der Waals surface area contributed by atoms with Crippen LogP contribution in [0.5, 0.6) is 0 Å². The molecule has 0 spiro atoms. The van der Waals surface area contributed by atoms with Crippen LogP contribution in [0.2, 0.25) is 0 Å². The first-order chi connectivity index (χ1) is 10.6. The molecule has 2 N–H and O–H groups in total. The van der Waals surface area contributed by atoms with Gasteiger partial charge in [-0.25, -0.2) is 8.42 Å². The zero-order valence-corrected chi connectivity index (χ0v) is 16.3. The molecule has 0 radical (unpaired) electrons. The predicted octanol–water partition coefficient (Wildman–Crippen LogP) is 1.17. The van der Waals surface area contributed by atoms with Crippen LogP contribution in [0.4, 0.5) is 0 Å². The highest BCUT2D eigenvalue weighted by Crippen LogP contribution is 2.10. The van der Waals surface area contributed by atoms with Gasteiger partial charge in [0.15, 0.2) is 15.8 Å². The third kappa shape index (κ3) is 7.49. The molecule has 1 atom stereocenters. The second kappa shape index (κ2) is 10.1. The zero-order valence-electron chi connectivity index (χ0n) is 13.2. The Morgan fingerprint density at radius 1 is 1.35 bits per heavy atom. The predicted molar refractivity (Wildman–Crippen MR) is 103 cm³/mol. The fraction of sp³-hybridized carbons (Fsp3) is 0.533. The van der Waals surface area contributed by atoms with Gasteiger partial charge in [0.1, 0.15) is 0 Å². The van der Waals surface area contributed by atoms with E-state index in [9.17, 15) is 8.42 Å². The van der Waals surface area contributed by atoms with Crippen LogP contribution in [0.15, 0.2) is 35.3 Å². The molecule has 130 valence electrons. The molecule has 6 nitrogen and oxygen atoms in total. The molecular weight excluding hydrogens is 429 g/mol. The monoisotopic (exact) mass is 453 g/mol. The lowest BCUT2D eigenvalue weighted by Gasteiger charge is -2.16. The Balaban J connectivity index is 0.00000264. The molecule has 0 aliphatic carbocycles. The summed E-state index contributed by atoms with van der Waals surface area (Å²) in [5.74, 6) is 1.05. The lowest BCUT2D eigenvalue weighted by Crippen LogP contribution is -2.44. The molecule has 0 amide bonds. The number of sulfone groups is 1. The molecule has 2 rings (SSSR count). The highest BCUT2D eigenvalue weighted by molar-refractivity contribution is 14.0. The summed E-state index contributed by atoms with van der Waals surface area (Å²) in [4.78, 5) is 4.10. The highest BCUT2D eigenvalue weighted by atomic mass is 127. The van der Waals surface area contributed by atoms with E-state index in [1.807, 2.05) is 30.3 Å². The Bertz CT molecular complexity index is 593. The highest BCUT2D eigenvalue weighted by Gasteiger charge is 2.28. The molecule has 1 aliphatic heterocycles. The van der Waals surface area contributed by atoms with E-state index in [1.54, 1.807) is 7.05 Å². The number of rotatable bonds is 6. The second-order valence-electron chi connectivity index (χ2n) is 5.28. The fourth-order valence-electron chi connectivity index (χ4n) is 2.30. The fourth-order valence-corrected chi connectivity index (χ4v) is 3.98. The van der Waals surface area contributed by atoms with E-state index in [1.165, 1.54) is 0 Å². The Hall–Kier alpha value is -0.870. The van der Waals surface area contributed by atoms with Gasteiger partial charge in [-0.3, -0.25) is 4.99 Å². The van der Waals surface area contributed by atoms with Gasteiger partial charge in [0.2, 0.25) is 0 Å². The smallest absolute Gasteiger partial charge is 0.191 e. The van der Waals surface area contributed by atoms with Crippen molar-refractivity contribution >= 4 is 39.8 Å². The molecule has 1 aliphatic rings. The maximum atomic E-state index is 11.4. The molecule has 1 saturated heterocycles. The van der Waals surface area contributed by atoms with E-state index in [0.717, 1.165) is 5.56 Å². The maximum absolute atomic E-state index is 11.4. The quantitative estimate of drug-likeness (QED) is 0.293. The standard InChI is InChI=1S/C15H23N3O3S.HI/c1-16-15(18-14-7-10-22(19,20)12-14)17-8-9-21-11-13-5-3-2-4-6-13;/h2-6,14H,7-12H2,1H3,(H2,16,17,18);1H. The number of aliphatic imine (C=N–C) groups is 1. The molecule has 8 heteroatoms. The van der Waals surface area contributed by atoms with Crippen molar-refractivity contribution in [2.45, 2.75) is 19.1 Å². The van der Waals surface area contributed by atoms with Crippen molar-refractivity contribution in [3.8, 4) is 0 Å². The van der Waals surface area contributed by atoms with Gasteiger partial charge in [0.05, 0.1) is 24.7 Å². The topological polar surface area (TPSA) is 79.8 Å². The summed E-state index contributed by atoms with van der Waals surface area (Å²) >= 11 is 0. The van der Waals surface area contributed by atoms with Crippen molar-refractivity contribution in [2.24, 2.45) is 4.99 Å². The normalized spacial score (nSPS) is 19.9. The molecule has 0 saturated carbocycles. The lowest BCUT2D eigenvalue weighted by atomic mass is 10.2. The molecule has 1 fully saturated rings. The first kappa shape index (κ1) is 20.2. The van der Waals surface area contributed by atoms with Gasteiger partial charge in [-0.2, -0.15) is 0 Å². The lowest BCUT2D eigenvalue weighted by molar-refractivity contribution is 0.125. The number of ether oxygens (including phenoxy) is 1. The third-order valence-corrected chi connectivity index (χ3v) is 5.22. The average Bonchev–Trinajstić information content (AvgIpc) is 2.85. The average molecular weight is 453 g/mol. The van der Waals surface area contributed by atoms with Crippen molar-refractivity contribution in [3.05, 3.63) is 35.9 Å². The number of nitrogens with zero attached hydrogens (tertiary/aromatic N) is 1. The van der Waals surface area contributed by atoms with Crippen LogP contribution in [0.25, 0.3) is 0 Å². The Morgan fingerprint density at radius 3 is 2.70 bits per heavy atom. The Labute approximate surface area is 155 Å². The minimum atomic E-state index is -2.88. The van der Waals surface area contributed by atoms with Crippen molar-refractivity contribution in [3.63, 3.8) is 0 Å². The van der Waals surface area contributed by atoms with Crippen molar-refractivity contribution < 1.29 is 13.2 Å². The SMILES string of the molecule is CN=C(NCCOCc1ccccc1)NC1CCS(=O)(=O)C1.I. The Kier molecular flexibility index (Phi) is 8.85. The van der Waals surface area contributed by atoms with Gasteiger partial charge < -0.3 is 15.4 Å². The third-order valence-electron chi connectivity index (χ3n) is 3.45. The van der Waals surface area contributed by atoms with E-state index in [2.05, 4.69) is 15.6 Å². The molecule has 0 aromatic heterocycles. The van der Waals surface area contributed by atoms with E-state index in [4.69, 9.17) is 4.74 Å². The van der Waals surface area contributed by atoms with Crippen LogP contribution < -0.4 is 10.6 Å². The van der Waals surface area contributed by atoms with Gasteiger partial charge >= 0.3 is 0 Å². The minimum absolute atomic E-state index is 0. The number of hydrogen-bond donors (Lipinski definition) is 2. The van der Waals surface area contributed by atoms with Gasteiger partial charge in [-0.15, -0.1) is 24.0 Å². The molecule has 1 heterocycles. The van der Waals surface area contributed by atoms with Crippen LogP contribution in [0, 0.1) is 0 Å². The van der Waals surface area contributed by atoms with E-state index in [0.29, 0.717) is 32.1 Å². The van der Waals surface area contributed by atoms with Gasteiger partial charge in [-0.05, 0) is 12.0 Å². The first-order valence-electron chi connectivity index (χ1n) is 7.38. The summed E-state index contributed by atoms with van der Waals surface area (Å²) in [5.41, 5.74) is 1.14. The summed E-state index contributed by atoms with van der Waals surface area (Å²) < 4.78 is 28.4. The van der Waals surface area contributed by atoms with Crippen molar-refractivity contribution in [1.29, 1.82) is 0 Å². The van der Waals surface area contributed by atoms with Crippen molar-refractivity contribution in [2.75, 3.05) is 31.7 Å². The number of halogens is 1. The van der Waals surface area contributed by atoms with Gasteiger partial charge in [0, 0.05) is 19.6 Å². The van der Waals surface area contributed by atoms with E-state index in [-0.39, 0.29) is 41.5 Å². The second-order valence-corrected chi connectivity index (χ2v) is 7.51. The van der Waals surface area contributed by atoms with Crippen LogP contribution in [-0.4, -0.2) is 52.1 Å². The van der Waals surface area contributed by atoms with Gasteiger partial charge in [-0.1, -0.05) is 30.3 Å². The van der Waals surface area contributed by atoms with E-state index < -0.39 is 9.84 Å². The Morgan fingerprint density at radius 2 is 2.09 bits per heavy atom. The number of guanidine groups is 1. The molecule has 23 heavy (non-hydrogen) atoms. The summed E-state index contributed by atoms with van der Waals surface area (Å²) in [6.07, 6.45) is 0.632. The largest absolute Gasteiger partial charge is 0.375 e. The van der Waals surface area contributed by atoms with Crippen LogP contribution in [0.3, 0.4) is 0 Å². The summed E-state index contributed by atoms with van der Waals surface area (Å²) in [5, 5.41) is 6.26. The number of nitrogens with one attached hydrogen (secondary N) is 2. The minimum Gasteiger partial charge on any atom is -0.375 e. The number of benzene rings is 1. The molecule has 1 aromatic carbocycles. The van der Waals surface area contributed by atoms with Crippen LogP contribution >= 0.6 is 24.0 Å². The summed E-state index contributed by atoms with van der Waals surface area (Å²) in [7, 11) is -1.21. The zero-order chi connectivity index (χ0) is 15.8. The van der Waals surface area contributed by atoms with Crippen molar-refractivity contribution in [1.82, 2.24) is 10.6 Å². The molecule has 1 aromatic rings. The van der Waals surface area contributed by atoms with Crippen LogP contribution in [0.1, 0.15) is 12.0 Å². The number of hydrogen-bond acceptors (Lipinski definition) is 4. The molecule has 1 unspecified atom stereocenters. The summed E-state index contributed by atoms with van der Waals surface area (Å²) in [6, 6.07) is 9.94. The summed E-state index contributed by atoms with van der Waals surface area (Å²) in [6.45, 7) is 1.75. The van der Waals surface area contributed by atoms with E-state index >= 15 is 0 Å². The maximum Gasteiger partial charge on any atom is 0.191 e.